The Morgan fingerprint density at radius 3 is 2.67 bits per heavy atom. The number of nitrogens with one attached hydrogen (secondary N) is 2. The predicted molar refractivity (Wildman–Crippen MR) is 78.3 cm³/mol. The fraction of sp³-hybridized carbons (Fsp3) is 0.462. The highest BCUT2D eigenvalue weighted by atomic mass is 35.5. The molecule has 0 radical (unpaired) electrons. The zero-order chi connectivity index (χ0) is 13.2. The molecule has 1 aromatic rings. The van der Waals surface area contributed by atoms with Gasteiger partial charge in [-0.05, 0) is 43.5 Å². The van der Waals surface area contributed by atoms with Crippen molar-refractivity contribution in [2.24, 2.45) is 0 Å². The first kappa shape index (κ1) is 15.3. The van der Waals surface area contributed by atoms with E-state index >= 15 is 0 Å². The predicted octanol–water partition coefficient (Wildman–Crippen LogP) is 2.55. The summed E-state index contributed by atoms with van der Waals surface area (Å²) >= 11 is 7.56. The van der Waals surface area contributed by atoms with Crippen molar-refractivity contribution in [2.75, 3.05) is 25.9 Å². The lowest BCUT2D eigenvalue weighted by Gasteiger charge is -2.04. The second kappa shape index (κ2) is 9.25. The molecule has 0 spiro atoms. The topological polar surface area (TPSA) is 41.1 Å². The zero-order valence-corrected chi connectivity index (χ0v) is 12.1. The summed E-state index contributed by atoms with van der Waals surface area (Å²) in [6.45, 7) is 1.50. The summed E-state index contributed by atoms with van der Waals surface area (Å²) in [6, 6.07) is 7.77. The normalized spacial score (nSPS) is 10.3. The first-order chi connectivity index (χ1) is 8.72. The number of likely N-dealkylation sites (N-methyl/N-ethyl adjacent to an activating group) is 1. The molecule has 1 aromatic carbocycles. The number of hydrogen-bond acceptors (Lipinski definition) is 3. The number of carbonyl (C=O) groups excluding carboxylic acids is 1. The van der Waals surface area contributed by atoms with E-state index in [2.05, 4.69) is 10.6 Å². The van der Waals surface area contributed by atoms with Gasteiger partial charge in [0.2, 0.25) is 5.91 Å². The van der Waals surface area contributed by atoms with Gasteiger partial charge in [0.1, 0.15) is 0 Å². The van der Waals surface area contributed by atoms with E-state index in [-0.39, 0.29) is 5.91 Å². The number of rotatable bonds is 8. The highest BCUT2D eigenvalue weighted by molar-refractivity contribution is 7.99. The third kappa shape index (κ3) is 6.89. The Hall–Kier alpha value is -0.710. The zero-order valence-electron chi connectivity index (χ0n) is 10.5. The minimum atomic E-state index is 0.127. The molecule has 100 valence electrons. The molecular formula is C13H19ClN2OS. The summed E-state index contributed by atoms with van der Waals surface area (Å²) in [5.74, 6) is 1.07. The average Bonchev–Trinajstić information content (AvgIpc) is 2.37. The molecule has 0 aromatic heterocycles. The van der Waals surface area contributed by atoms with Crippen LogP contribution in [-0.2, 0) is 4.79 Å². The van der Waals surface area contributed by atoms with Gasteiger partial charge >= 0.3 is 0 Å². The molecule has 0 saturated heterocycles. The quantitative estimate of drug-likeness (QED) is 0.570. The lowest BCUT2D eigenvalue weighted by Crippen LogP contribution is -2.30. The Kier molecular flexibility index (Phi) is 7.89. The summed E-state index contributed by atoms with van der Waals surface area (Å²) in [6.07, 6.45) is 1.48. The van der Waals surface area contributed by atoms with Crippen molar-refractivity contribution in [1.29, 1.82) is 0 Å². The fourth-order valence-corrected chi connectivity index (χ4v) is 2.35. The van der Waals surface area contributed by atoms with Crippen LogP contribution in [0.25, 0.3) is 0 Å². The maximum atomic E-state index is 11.4. The number of thioether (sulfide) groups is 1. The maximum Gasteiger partial charge on any atom is 0.220 e. The second-order valence-electron chi connectivity index (χ2n) is 3.86. The van der Waals surface area contributed by atoms with Crippen LogP contribution in [0.3, 0.4) is 0 Å². The number of amides is 1. The molecule has 0 unspecified atom stereocenters. The molecule has 0 aliphatic heterocycles. The van der Waals surface area contributed by atoms with Gasteiger partial charge in [-0.15, -0.1) is 11.8 Å². The molecule has 1 rings (SSSR count). The van der Waals surface area contributed by atoms with Crippen molar-refractivity contribution in [3.8, 4) is 0 Å². The van der Waals surface area contributed by atoms with Gasteiger partial charge < -0.3 is 10.6 Å². The summed E-state index contributed by atoms with van der Waals surface area (Å²) < 4.78 is 0. The number of hydrogen-bond donors (Lipinski definition) is 2. The van der Waals surface area contributed by atoms with Crippen molar-refractivity contribution in [3.05, 3.63) is 29.3 Å². The molecule has 18 heavy (non-hydrogen) atoms. The van der Waals surface area contributed by atoms with Crippen molar-refractivity contribution >= 4 is 29.3 Å². The summed E-state index contributed by atoms with van der Waals surface area (Å²) in [5, 5.41) is 6.60. The van der Waals surface area contributed by atoms with E-state index < -0.39 is 0 Å². The van der Waals surface area contributed by atoms with Gasteiger partial charge in [-0.2, -0.15) is 0 Å². The van der Waals surface area contributed by atoms with Gasteiger partial charge in [-0.3, -0.25) is 4.79 Å². The van der Waals surface area contributed by atoms with Gasteiger partial charge in [0, 0.05) is 29.4 Å². The van der Waals surface area contributed by atoms with Crippen LogP contribution in [0.1, 0.15) is 12.8 Å². The van der Waals surface area contributed by atoms with E-state index in [0.29, 0.717) is 13.0 Å². The molecule has 3 nitrogen and oxygen atoms in total. The standard InChI is InChI=1S/C13H19ClN2OS/c1-15-8-9-16-13(17)3-2-10-18-12-6-4-11(14)5-7-12/h4-7,15H,2-3,8-10H2,1H3,(H,16,17). The van der Waals surface area contributed by atoms with Crippen LogP contribution in [0, 0.1) is 0 Å². The second-order valence-corrected chi connectivity index (χ2v) is 5.46. The molecule has 0 aliphatic carbocycles. The molecule has 0 aliphatic rings. The minimum absolute atomic E-state index is 0.127. The van der Waals surface area contributed by atoms with Crippen LogP contribution in [0.4, 0.5) is 0 Å². The van der Waals surface area contributed by atoms with Gasteiger partial charge in [-0.1, -0.05) is 11.6 Å². The third-order valence-corrected chi connectivity index (χ3v) is 3.68. The van der Waals surface area contributed by atoms with E-state index in [9.17, 15) is 4.79 Å². The van der Waals surface area contributed by atoms with Gasteiger partial charge in [-0.25, -0.2) is 0 Å². The third-order valence-electron chi connectivity index (χ3n) is 2.33. The van der Waals surface area contributed by atoms with Crippen molar-refractivity contribution in [3.63, 3.8) is 0 Å². The molecule has 0 bridgehead atoms. The summed E-state index contributed by atoms with van der Waals surface area (Å²) in [4.78, 5) is 12.6. The molecule has 0 fully saturated rings. The molecule has 2 N–H and O–H groups in total. The van der Waals surface area contributed by atoms with Crippen LogP contribution < -0.4 is 10.6 Å². The van der Waals surface area contributed by atoms with Crippen molar-refractivity contribution in [1.82, 2.24) is 10.6 Å². The molecule has 0 atom stereocenters. The Morgan fingerprint density at radius 1 is 1.28 bits per heavy atom. The smallest absolute Gasteiger partial charge is 0.220 e. The largest absolute Gasteiger partial charge is 0.355 e. The van der Waals surface area contributed by atoms with Crippen LogP contribution in [0.2, 0.25) is 5.02 Å². The van der Waals surface area contributed by atoms with Crippen LogP contribution in [-0.4, -0.2) is 31.8 Å². The molecule has 1 amide bonds. The first-order valence-corrected chi connectivity index (χ1v) is 7.38. The first-order valence-electron chi connectivity index (χ1n) is 6.02. The van der Waals surface area contributed by atoms with Gasteiger partial charge in [0.25, 0.3) is 0 Å². The molecule has 5 heteroatoms. The van der Waals surface area contributed by atoms with E-state index in [0.717, 1.165) is 23.7 Å². The molecular weight excluding hydrogens is 268 g/mol. The SMILES string of the molecule is CNCCNC(=O)CCCSc1ccc(Cl)cc1. The van der Waals surface area contributed by atoms with Crippen molar-refractivity contribution < 1.29 is 4.79 Å². The summed E-state index contributed by atoms with van der Waals surface area (Å²) in [5.41, 5.74) is 0. The summed E-state index contributed by atoms with van der Waals surface area (Å²) in [7, 11) is 1.87. The maximum absolute atomic E-state index is 11.4. The Balaban J connectivity index is 2.07. The van der Waals surface area contributed by atoms with Crippen LogP contribution >= 0.6 is 23.4 Å². The van der Waals surface area contributed by atoms with Gasteiger partial charge in [0.15, 0.2) is 0 Å². The van der Waals surface area contributed by atoms with E-state index in [1.54, 1.807) is 11.8 Å². The monoisotopic (exact) mass is 286 g/mol. The van der Waals surface area contributed by atoms with E-state index in [4.69, 9.17) is 11.6 Å². The van der Waals surface area contributed by atoms with E-state index in [1.807, 2.05) is 31.3 Å². The molecule has 0 saturated carbocycles. The van der Waals surface area contributed by atoms with Crippen molar-refractivity contribution in [2.45, 2.75) is 17.7 Å². The Morgan fingerprint density at radius 2 is 2.00 bits per heavy atom. The highest BCUT2D eigenvalue weighted by Crippen LogP contribution is 2.21. The fourth-order valence-electron chi connectivity index (χ4n) is 1.37. The number of benzene rings is 1. The lowest BCUT2D eigenvalue weighted by atomic mass is 10.3. The highest BCUT2D eigenvalue weighted by Gasteiger charge is 2.00. The van der Waals surface area contributed by atoms with Gasteiger partial charge in [0.05, 0.1) is 0 Å². The Labute approximate surface area is 118 Å². The van der Waals surface area contributed by atoms with Crippen LogP contribution in [0.15, 0.2) is 29.2 Å². The van der Waals surface area contributed by atoms with E-state index in [1.165, 1.54) is 4.90 Å². The molecule has 0 heterocycles. The average molecular weight is 287 g/mol. The lowest BCUT2D eigenvalue weighted by molar-refractivity contribution is -0.121. The number of carbonyl (C=O) groups is 1. The Bertz CT molecular complexity index is 357. The van der Waals surface area contributed by atoms with Crippen LogP contribution in [0.5, 0.6) is 0 Å². The minimum Gasteiger partial charge on any atom is -0.355 e. The number of halogens is 1.